The quantitative estimate of drug-likeness (QED) is 0.785. The molecule has 1 saturated carbocycles. The molecule has 0 radical (unpaired) electrons. The van der Waals surface area contributed by atoms with Crippen LogP contribution in [-0.4, -0.2) is 52.6 Å². The number of allylic oxidation sites excluding steroid dienone is 2. The molecule has 2 fully saturated rings. The van der Waals surface area contributed by atoms with Crippen LogP contribution < -0.4 is 15.8 Å². The second-order valence-corrected chi connectivity index (χ2v) is 8.49. The number of aromatic nitrogens is 2. The van der Waals surface area contributed by atoms with E-state index < -0.39 is 0 Å². The van der Waals surface area contributed by atoms with E-state index in [1.54, 1.807) is 6.33 Å². The molecule has 3 heterocycles. The van der Waals surface area contributed by atoms with E-state index in [-0.39, 0.29) is 17.6 Å². The molecule has 0 spiro atoms. The Morgan fingerprint density at radius 1 is 1.28 bits per heavy atom. The summed E-state index contributed by atoms with van der Waals surface area (Å²) in [6.45, 7) is 6.83. The van der Waals surface area contributed by atoms with Gasteiger partial charge in [-0.05, 0) is 39.2 Å². The van der Waals surface area contributed by atoms with Gasteiger partial charge in [-0.1, -0.05) is 0 Å². The van der Waals surface area contributed by atoms with Gasteiger partial charge in [-0.25, -0.2) is 15.4 Å². The van der Waals surface area contributed by atoms with Gasteiger partial charge in [0.1, 0.15) is 17.7 Å². The number of hydrogen-bond acceptors (Lipinski definition) is 7. The van der Waals surface area contributed by atoms with Gasteiger partial charge in [0.2, 0.25) is 5.91 Å². The number of nitrogens with one attached hydrogen (secondary N) is 2. The van der Waals surface area contributed by atoms with Crippen LogP contribution in [0.3, 0.4) is 0 Å². The van der Waals surface area contributed by atoms with Gasteiger partial charge in [0.15, 0.2) is 0 Å². The Morgan fingerprint density at radius 2 is 2.14 bits per heavy atom. The van der Waals surface area contributed by atoms with E-state index in [2.05, 4.69) is 33.8 Å². The van der Waals surface area contributed by atoms with Crippen molar-refractivity contribution in [2.75, 3.05) is 31.1 Å². The normalized spacial score (nSPS) is 25.5. The lowest BCUT2D eigenvalue weighted by Crippen LogP contribution is -2.50. The van der Waals surface area contributed by atoms with E-state index in [1.807, 2.05) is 22.8 Å². The number of ether oxygens (including phenoxy) is 1. The van der Waals surface area contributed by atoms with Gasteiger partial charge in [-0.2, -0.15) is 0 Å². The lowest BCUT2D eigenvalue weighted by atomic mass is 9.96. The minimum Gasteiger partial charge on any atom is -0.492 e. The molecule has 8 nitrogen and oxygen atoms in total. The van der Waals surface area contributed by atoms with Crippen LogP contribution in [0, 0.1) is 0 Å². The predicted molar refractivity (Wildman–Crippen MR) is 109 cm³/mol. The molecule has 1 atom stereocenters. The van der Waals surface area contributed by atoms with Gasteiger partial charge in [-0.3, -0.25) is 4.79 Å². The molecule has 1 aromatic heterocycles. The maximum Gasteiger partial charge on any atom is 0.242 e. The van der Waals surface area contributed by atoms with Crippen LogP contribution in [-0.2, 0) is 9.53 Å². The molecule has 29 heavy (non-hydrogen) atoms. The van der Waals surface area contributed by atoms with Crippen molar-refractivity contribution >= 4 is 11.7 Å². The average Bonchev–Trinajstić information content (AvgIpc) is 3.30. The number of carbonyl (C=O) groups is 1. The maximum atomic E-state index is 12.3. The van der Waals surface area contributed by atoms with E-state index in [0.717, 1.165) is 62.6 Å². The maximum absolute atomic E-state index is 12.3. The summed E-state index contributed by atoms with van der Waals surface area (Å²) >= 11 is 0. The molecule has 0 bridgehead atoms. The number of carbonyl (C=O) groups excluding carboxylic acids is 1. The van der Waals surface area contributed by atoms with Gasteiger partial charge >= 0.3 is 0 Å². The highest BCUT2D eigenvalue weighted by molar-refractivity contribution is 5.82. The number of piperazine rings is 1. The van der Waals surface area contributed by atoms with Gasteiger partial charge in [-0.15, -0.1) is 0 Å². The SMILES string of the molecule is CCN1CCN(c2cc([C@@H]3NNC4=C3C=C(OC3(C)CC3)CC4)ncn2)CC1=O. The number of hydrazine groups is 1. The van der Waals surface area contributed by atoms with Gasteiger partial charge < -0.3 is 20.0 Å². The van der Waals surface area contributed by atoms with Crippen LogP contribution in [0.5, 0.6) is 0 Å². The Hall–Kier alpha value is -2.61. The summed E-state index contributed by atoms with van der Waals surface area (Å²) in [6.07, 6.45) is 7.90. The summed E-state index contributed by atoms with van der Waals surface area (Å²) in [7, 11) is 0. The molecule has 1 amide bonds. The fourth-order valence-electron chi connectivity index (χ4n) is 4.19. The zero-order valence-electron chi connectivity index (χ0n) is 17.1. The summed E-state index contributed by atoms with van der Waals surface area (Å²) in [6, 6.07) is 1.94. The van der Waals surface area contributed by atoms with Crippen LogP contribution >= 0.6 is 0 Å². The van der Waals surface area contributed by atoms with Crippen LogP contribution in [0.2, 0.25) is 0 Å². The molecule has 0 aromatic carbocycles. The first kappa shape index (κ1) is 18.4. The third-order valence-corrected chi connectivity index (χ3v) is 6.29. The third kappa shape index (κ3) is 3.57. The number of amides is 1. The van der Waals surface area contributed by atoms with Crippen molar-refractivity contribution in [1.29, 1.82) is 0 Å². The molecule has 2 aliphatic heterocycles. The average molecular weight is 396 g/mol. The van der Waals surface area contributed by atoms with Crippen LogP contribution in [0.15, 0.2) is 35.5 Å². The Balaban J connectivity index is 1.36. The van der Waals surface area contributed by atoms with Gasteiger partial charge in [0.25, 0.3) is 0 Å². The zero-order chi connectivity index (χ0) is 20.0. The van der Waals surface area contributed by atoms with Crippen molar-refractivity contribution in [3.05, 3.63) is 41.2 Å². The minimum atomic E-state index is -0.0507. The Kier molecular flexibility index (Phi) is 4.46. The molecule has 1 aromatic rings. The second kappa shape index (κ2) is 7.02. The van der Waals surface area contributed by atoms with Crippen molar-refractivity contribution < 1.29 is 9.53 Å². The Labute approximate surface area is 171 Å². The van der Waals surface area contributed by atoms with Crippen molar-refractivity contribution in [3.63, 3.8) is 0 Å². The largest absolute Gasteiger partial charge is 0.492 e. The molecule has 2 N–H and O–H groups in total. The van der Waals surface area contributed by atoms with E-state index in [9.17, 15) is 4.79 Å². The molecule has 0 unspecified atom stereocenters. The van der Waals surface area contributed by atoms with E-state index in [0.29, 0.717) is 6.54 Å². The second-order valence-electron chi connectivity index (χ2n) is 8.49. The number of nitrogens with zero attached hydrogens (tertiary/aromatic N) is 4. The standard InChI is InChI=1S/C21H28N6O2/c1-3-26-8-9-27(12-19(26)28)18-11-17(22-13-23-18)20-15-10-14(29-21(2)6-7-21)4-5-16(15)24-25-20/h10-11,13,20,24-25H,3-9,12H2,1-2H3/t20-/m1/s1. The monoisotopic (exact) mass is 396 g/mol. The Morgan fingerprint density at radius 3 is 2.90 bits per heavy atom. The van der Waals surface area contributed by atoms with Crippen molar-refractivity contribution in [2.24, 2.45) is 0 Å². The van der Waals surface area contributed by atoms with Crippen LogP contribution in [0.25, 0.3) is 0 Å². The molecular weight excluding hydrogens is 368 g/mol. The molecule has 5 rings (SSSR count). The highest BCUT2D eigenvalue weighted by atomic mass is 16.5. The fourth-order valence-corrected chi connectivity index (χ4v) is 4.19. The predicted octanol–water partition coefficient (Wildman–Crippen LogP) is 1.79. The van der Waals surface area contributed by atoms with Crippen molar-refractivity contribution in [1.82, 2.24) is 25.7 Å². The van der Waals surface area contributed by atoms with E-state index in [1.165, 1.54) is 11.3 Å². The van der Waals surface area contributed by atoms with Crippen LogP contribution in [0.1, 0.15) is 51.3 Å². The summed E-state index contributed by atoms with van der Waals surface area (Å²) in [5.74, 6) is 2.02. The molecule has 2 aliphatic carbocycles. The Bertz CT molecular complexity index is 891. The van der Waals surface area contributed by atoms with Gasteiger partial charge in [0.05, 0.1) is 24.0 Å². The summed E-state index contributed by atoms with van der Waals surface area (Å²) in [4.78, 5) is 25.2. The van der Waals surface area contributed by atoms with E-state index >= 15 is 0 Å². The summed E-state index contributed by atoms with van der Waals surface area (Å²) in [5.41, 5.74) is 10.0. The minimum absolute atomic E-state index is 0.0358. The molecular formula is C21H28N6O2. The summed E-state index contributed by atoms with van der Waals surface area (Å²) in [5, 5.41) is 0. The first-order valence-electron chi connectivity index (χ1n) is 10.5. The zero-order valence-corrected chi connectivity index (χ0v) is 17.1. The van der Waals surface area contributed by atoms with E-state index in [4.69, 9.17) is 4.74 Å². The van der Waals surface area contributed by atoms with Gasteiger partial charge in [0, 0.05) is 43.4 Å². The summed E-state index contributed by atoms with van der Waals surface area (Å²) < 4.78 is 6.22. The number of anilines is 1. The fraction of sp³-hybridized carbons (Fsp3) is 0.571. The first-order valence-corrected chi connectivity index (χ1v) is 10.5. The lowest BCUT2D eigenvalue weighted by molar-refractivity contribution is -0.130. The third-order valence-electron chi connectivity index (χ3n) is 6.29. The highest BCUT2D eigenvalue weighted by Crippen LogP contribution is 2.43. The molecule has 4 aliphatic rings. The molecule has 1 saturated heterocycles. The smallest absolute Gasteiger partial charge is 0.242 e. The highest BCUT2D eigenvalue weighted by Gasteiger charge is 2.41. The number of likely N-dealkylation sites (N-methyl/N-ethyl adjacent to an activating group) is 1. The number of rotatable bonds is 5. The lowest BCUT2D eigenvalue weighted by Gasteiger charge is -2.34. The first-order chi connectivity index (χ1) is 14.0. The van der Waals surface area contributed by atoms with Crippen LogP contribution in [0.4, 0.5) is 5.82 Å². The molecule has 154 valence electrons. The van der Waals surface area contributed by atoms with Crippen molar-refractivity contribution in [3.8, 4) is 0 Å². The number of hydrogen-bond donors (Lipinski definition) is 2. The topological polar surface area (TPSA) is 82.6 Å². The van der Waals surface area contributed by atoms with Crippen molar-refractivity contribution in [2.45, 2.75) is 51.2 Å². The molecule has 8 heteroatoms.